The summed E-state index contributed by atoms with van der Waals surface area (Å²) in [6, 6.07) is 6.77. The predicted octanol–water partition coefficient (Wildman–Crippen LogP) is 4.84. The van der Waals surface area contributed by atoms with Crippen molar-refractivity contribution in [3.63, 3.8) is 0 Å². The summed E-state index contributed by atoms with van der Waals surface area (Å²) in [5, 5.41) is 4.14. The molecule has 2 aromatic rings. The quantitative estimate of drug-likeness (QED) is 0.482. The molecule has 0 spiro atoms. The van der Waals surface area contributed by atoms with Crippen LogP contribution in [0.5, 0.6) is 0 Å². The molecule has 214 valence electrons. The zero-order valence-electron chi connectivity index (χ0n) is 22.2. The zero-order chi connectivity index (χ0) is 29.0. The first kappa shape index (κ1) is 31.1. The van der Waals surface area contributed by atoms with Gasteiger partial charge in [0.05, 0.1) is 23.8 Å². The maximum atomic E-state index is 15.1. The summed E-state index contributed by atoms with van der Waals surface area (Å²) in [7, 11) is -3.54. The number of carbonyl (C=O) groups excluding carboxylic acids is 2. The number of hydrogen-bond acceptors (Lipinski definition) is 7. The van der Waals surface area contributed by atoms with E-state index < -0.39 is 33.3 Å². The van der Waals surface area contributed by atoms with Crippen molar-refractivity contribution in [1.29, 1.82) is 0 Å². The van der Waals surface area contributed by atoms with Crippen LogP contribution in [0.3, 0.4) is 0 Å². The van der Waals surface area contributed by atoms with Crippen LogP contribution in [0.15, 0.2) is 35.2 Å². The Hall–Kier alpha value is -2.44. The van der Waals surface area contributed by atoms with Gasteiger partial charge in [-0.15, -0.1) is 0 Å². The summed E-state index contributed by atoms with van der Waals surface area (Å²) in [4.78, 5) is 32.5. The highest BCUT2D eigenvalue weighted by Gasteiger charge is 2.26. The first-order chi connectivity index (χ1) is 18.2. The molecule has 1 N–H and O–H groups in total. The predicted molar refractivity (Wildman–Crippen MR) is 146 cm³/mol. The summed E-state index contributed by atoms with van der Waals surface area (Å²) >= 11 is 12.4. The van der Waals surface area contributed by atoms with Crippen molar-refractivity contribution in [2.75, 3.05) is 32.0 Å². The van der Waals surface area contributed by atoms with Gasteiger partial charge in [-0.25, -0.2) is 17.6 Å². The fraction of sp³-hybridized carbons (Fsp3) is 0.462. The molecule has 0 aliphatic carbocycles. The second-order valence-electron chi connectivity index (χ2n) is 9.95. The highest BCUT2D eigenvalue weighted by molar-refractivity contribution is 7.91. The minimum absolute atomic E-state index is 0.0153. The summed E-state index contributed by atoms with van der Waals surface area (Å²) in [5.41, 5.74) is -0.158. The van der Waals surface area contributed by atoms with Gasteiger partial charge in [-0.05, 0) is 56.7 Å². The van der Waals surface area contributed by atoms with Gasteiger partial charge in [-0.3, -0.25) is 14.5 Å². The Kier molecular flexibility index (Phi) is 10.2. The molecule has 39 heavy (non-hydrogen) atoms. The molecule has 0 aromatic heterocycles. The monoisotopic (exact) mass is 603 g/mol. The number of ether oxygens (including phenoxy) is 1. The highest BCUT2D eigenvalue weighted by atomic mass is 35.5. The maximum Gasteiger partial charge on any atom is 0.434 e. The molecule has 0 unspecified atom stereocenters. The average molecular weight is 605 g/mol. The first-order valence-corrected chi connectivity index (χ1v) is 14.7. The molecule has 1 fully saturated rings. The summed E-state index contributed by atoms with van der Waals surface area (Å²) in [6.45, 7) is 8.02. The molecule has 1 heterocycles. The van der Waals surface area contributed by atoms with Crippen molar-refractivity contribution in [1.82, 2.24) is 15.3 Å². The lowest BCUT2D eigenvalue weighted by atomic mass is 10.1. The number of nitrogens with zero attached hydrogens (tertiary/aromatic N) is 2. The van der Waals surface area contributed by atoms with E-state index in [0.717, 1.165) is 11.1 Å². The van der Waals surface area contributed by atoms with Crippen molar-refractivity contribution in [3.05, 3.63) is 62.9 Å². The van der Waals surface area contributed by atoms with Crippen LogP contribution in [0.4, 0.5) is 9.18 Å². The van der Waals surface area contributed by atoms with E-state index in [1.807, 2.05) is 4.90 Å². The van der Waals surface area contributed by atoms with Crippen molar-refractivity contribution in [3.8, 4) is 0 Å². The Bertz CT molecular complexity index is 1310. The lowest BCUT2D eigenvalue weighted by molar-refractivity contribution is -0.137. The molecular weight excluding hydrogens is 572 g/mol. The van der Waals surface area contributed by atoms with Gasteiger partial charge < -0.3 is 10.1 Å². The van der Waals surface area contributed by atoms with Gasteiger partial charge in [0.2, 0.25) is 0 Å². The number of hydroxylamine groups is 2. The molecule has 3 rings (SSSR count). The molecule has 2 amide bonds. The number of rotatable bonds is 7. The lowest BCUT2D eigenvalue weighted by Gasteiger charge is -2.25. The van der Waals surface area contributed by atoms with Gasteiger partial charge in [0.15, 0.2) is 9.84 Å². The standard InChI is InChI=1S/C26H32Cl2FN3O6S/c1-5-39(35,36)23-7-6-19(27)12-18(23)15-30-24(33)17-13-21(28)20(22(29)14-17)16-31-8-9-32(37-11-10-31)25(34)38-26(2,3)4/h6-7,12-14H,5,8-11,15-16H2,1-4H3,(H,30,33). The lowest BCUT2D eigenvalue weighted by Crippen LogP contribution is -2.38. The molecular formula is C26H32Cl2FN3O6S. The Morgan fingerprint density at radius 3 is 2.49 bits per heavy atom. The van der Waals surface area contributed by atoms with E-state index >= 15 is 4.39 Å². The van der Waals surface area contributed by atoms with Crippen molar-refractivity contribution >= 4 is 45.0 Å². The van der Waals surface area contributed by atoms with Crippen molar-refractivity contribution in [2.45, 2.75) is 51.3 Å². The Morgan fingerprint density at radius 1 is 1.13 bits per heavy atom. The van der Waals surface area contributed by atoms with Crippen LogP contribution in [0.25, 0.3) is 0 Å². The number of halogens is 3. The molecule has 1 aliphatic rings. The maximum absolute atomic E-state index is 15.1. The van der Waals surface area contributed by atoms with E-state index in [2.05, 4.69) is 5.32 Å². The molecule has 9 nitrogen and oxygen atoms in total. The van der Waals surface area contributed by atoms with Gasteiger partial charge in [-0.1, -0.05) is 30.1 Å². The Morgan fingerprint density at radius 2 is 1.85 bits per heavy atom. The Balaban J connectivity index is 1.67. The van der Waals surface area contributed by atoms with Crippen LogP contribution in [0.1, 0.15) is 49.2 Å². The minimum atomic E-state index is -3.54. The van der Waals surface area contributed by atoms with E-state index in [1.165, 1.54) is 31.2 Å². The first-order valence-electron chi connectivity index (χ1n) is 12.3. The van der Waals surface area contributed by atoms with E-state index in [9.17, 15) is 18.0 Å². The molecule has 0 atom stereocenters. The minimum Gasteiger partial charge on any atom is -0.442 e. The number of benzene rings is 2. The second-order valence-corrected chi connectivity index (χ2v) is 13.0. The number of nitrogens with one attached hydrogen (secondary N) is 1. The molecule has 0 radical (unpaired) electrons. The highest BCUT2D eigenvalue weighted by Crippen LogP contribution is 2.25. The number of carbonyl (C=O) groups is 2. The van der Waals surface area contributed by atoms with Crippen molar-refractivity contribution < 1.29 is 32.0 Å². The van der Waals surface area contributed by atoms with Crippen LogP contribution < -0.4 is 5.32 Å². The fourth-order valence-electron chi connectivity index (χ4n) is 3.84. The van der Waals surface area contributed by atoms with Crippen LogP contribution in [-0.4, -0.2) is 68.0 Å². The smallest absolute Gasteiger partial charge is 0.434 e. The molecule has 0 bridgehead atoms. The van der Waals surface area contributed by atoms with Gasteiger partial charge >= 0.3 is 6.09 Å². The third kappa shape index (κ3) is 8.52. The van der Waals surface area contributed by atoms with E-state index in [1.54, 1.807) is 20.8 Å². The molecule has 1 saturated heterocycles. The van der Waals surface area contributed by atoms with Crippen LogP contribution in [0.2, 0.25) is 10.0 Å². The second kappa shape index (κ2) is 12.8. The summed E-state index contributed by atoms with van der Waals surface area (Å²) in [5.74, 6) is -1.41. The van der Waals surface area contributed by atoms with E-state index in [4.69, 9.17) is 32.8 Å². The van der Waals surface area contributed by atoms with Gasteiger partial charge in [0.1, 0.15) is 11.4 Å². The van der Waals surface area contributed by atoms with Crippen LogP contribution in [-0.2, 0) is 32.5 Å². The van der Waals surface area contributed by atoms with Gasteiger partial charge in [-0.2, -0.15) is 5.06 Å². The topological polar surface area (TPSA) is 105 Å². The van der Waals surface area contributed by atoms with Crippen LogP contribution in [0, 0.1) is 5.82 Å². The number of amides is 2. The molecule has 13 heteroatoms. The summed E-state index contributed by atoms with van der Waals surface area (Å²) in [6.07, 6.45) is -0.596. The largest absolute Gasteiger partial charge is 0.442 e. The van der Waals surface area contributed by atoms with Crippen LogP contribution >= 0.6 is 23.2 Å². The number of sulfone groups is 1. The molecule has 2 aromatic carbocycles. The van der Waals surface area contributed by atoms with Crippen molar-refractivity contribution in [2.24, 2.45) is 0 Å². The average Bonchev–Trinajstić information content (AvgIpc) is 3.09. The molecule has 0 saturated carbocycles. The normalized spacial score (nSPS) is 15.1. The zero-order valence-corrected chi connectivity index (χ0v) is 24.6. The third-order valence-corrected chi connectivity index (χ3v) is 8.23. The van der Waals surface area contributed by atoms with Gasteiger partial charge in [0.25, 0.3) is 5.91 Å². The Labute approximate surface area is 238 Å². The molecule has 1 aliphatic heterocycles. The third-order valence-electron chi connectivity index (χ3n) is 5.83. The summed E-state index contributed by atoms with van der Waals surface area (Å²) < 4.78 is 45.2. The van der Waals surface area contributed by atoms with E-state index in [0.29, 0.717) is 23.7 Å². The van der Waals surface area contributed by atoms with Gasteiger partial charge in [0, 0.05) is 47.4 Å². The SMILES string of the molecule is CCS(=O)(=O)c1ccc(Cl)cc1CNC(=O)c1cc(F)c(CN2CCON(C(=O)OC(C)(C)C)CC2)c(Cl)c1. The fourth-order valence-corrected chi connectivity index (χ4v) is 5.41. The van der Waals surface area contributed by atoms with E-state index in [-0.39, 0.29) is 53.0 Å². The number of hydrogen-bond donors (Lipinski definition) is 1.